The summed E-state index contributed by atoms with van der Waals surface area (Å²) in [4.78, 5) is 28.7. The number of fused-ring (bicyclic) bond motifs is 1. The number of carbonyl (C=O) groups excluding carboxylic acids is 1. The molecule has 2 N–H and O–H groups in total. The maximum absolute atomic E-state index is 12.5. The molecule has 3 rings (SSSR count). The molecule has 0 bridgehead atoms. The van der Waals surface area contributed by atoms with Gasteiger partial charge in [0.2, 0.25) is 0 Å². The highest BCUT2D eigenvalue weighted by Crippen LogP contribution is 2.29. The van der Waals surface area contributed by atoms with E-state index in [0.29, 0.717) is 28.2 Å². The Labute approximate surface area is 153 Å². The van der Waals surface area contributed by atoms with Crippen LogP contribution in [0.4, 0.5) is 5.69 Å². The zero-order chi connectivity index (χ0) is 17.8. The molecule has 5 nitrogen and oxygen atoms in total. The van der Waals surface area contributed by atoms with Crippen molar-refractivity contribution in [1.82, 2.24) is 4.98 Å². The lowest BCUT2D eigenvalue weighted by Gasteiger charge is -2.14. The van der Waals surface area contributed by atoms with Gasteiger partial charge in [0.1, 0.15) is 5.56 Å². The second-order valence-corrected chi connectivity index (χ2v) is 6.78. The number of thiophene rings is 1. The number of halogens is 1. The minimum Gasteiger partial charge on any atom is -0.462 e. The molecule has 0 saturated carbocycles. The Morgan fingerprint density at radius 1 is 1.32 bits per heavy atom. The number of pyridine rings is 1. The van der Waals surface area contributed by atoms with Gasteiger partial charge in [0.05, 0.1) is 22.8 Å². The number of aromatic amines is 1. The lowest BCUT2D eigenvalue weighted by atomic mass is 10.1. The summed E-state index contributed by atoms with van der Waals surface area (Å²) in [7, 11) is 0. The van der Waals surface area contributed by atoms with Crippen LogP contribution in [0.3, 0.4) is 0 Å². The number of benzene rings is 1. The van der Waals surface area contributed by atoms with Crippen molar-refractivity contribution in [3.63, 3.8) is 0 Å². The molecule has 0 unspecified atom stereocenters. The monoisotopic (exact) mass is 376 g/mol. The lowest BCUT2D eigenvalue weighted by molar-refractivity contribution is 0.0525. The standard InChI is InChI=1S/C18H17ClN2O3S/c1-2-24-18(23)14-16(20-9-8-11-5-4-10-25-11)12-6-3-7-13(19)15(12)21-17(14)22/h3-7,10H,2,8-9H2,1H3,(H2,20,21,22). The Bertz CT molecular complexity index is 951. The molecule has 2 aromatic heterocycles. The topological polar surface area (TPSA) is 71.2 Å². The van der Waals surface area contributed by atoms with Crippen LogP contribution in [0.5, 0.6) is 0 Å². The highest BCUT2D eigenvalue weighted by atomic mass is 35.5. The van der Waals surface area contributed by atoms with Gasteiger partial charge in [0, 0.05) is 16.8 Å². The molecule has 130 valence electrons. The summed E-state index contributed by atoms with van der Waals surface area (Å²) in [6, 6.07) is 9.33. The molecule has 1 aromatic carbocycles. The number of aromatic nitrogens is 1. The van der Waals surface area contributed by atoms with Gasteiger partial charge < -0.3 is 15.0 Å². The molecule has 0 atom stereocenters. The highest BCUT2D eigenvalue weighted by molar-refractivity contribution is 7.09. The van der Waals surface area contributed by atoms with Crippen molar-refractivity contribution >= 4 is 45.5 Å². The highest BCUT2D eigenvalue weighted by Gasteiger charge is 2.21. The Morgan fingerprint density at radius 3 is 2.88 bits per heavy atom. The van der Waals surface area contributed by atoms with Crippen molar-refractivity contribution in [2.75, 3.05) is 18.5 Å². The molecule has 3 aromatic rings. The van der Waals surface area contributed by atoms with E-state index < -0.39 is 11.5 Å². The summed E-state index contributed by atoms with van der Waals surface area (Å²) >= 11 is 7.86. The van der Waals surface area contributed by atoms with Gasteiger partial charge in [-0.15, -0.1) is 11.3 Å². The molecule has 0 saturated heterocycles. The molecular weight excluding hydrogens is 360 g/mol. The Morgan fingerprint density at radius 2 is 2.16 bits per heavy atom. The van der Waals surface area contributed by atoms with E-state index in [9.17, 15) is 9.59 Å². The third kappa shape index (κ3) is 3.70. The summed E-state index contributed by atoms with van der Waals surface area (Å²) < 4.78 is 5.05. The van der Waals surface area contributed by atoms with Gasteiger partial charge in [0.15, 0.2) is 0 Å². The number of ether oxygens (including phenoxy) is 1. The maximum atomic E-state index is 12.5. The van der Waals surface area contributed by atoms with Crippen LogP contribution >= 0.6 is 22.9 Å². The third-order valence-electron chi connectivity index (χ3n) is 3.73. The van der Waals surface area contributed by atoms with E-state index in [1.807, 2.05) is 23.6 Å². The zero-order valence-corrected chi connectivity index (χ0v) is 15.2. The van der Waals surface area contributed by atoms with Gasteiger partial charge >= 0.3 is 5.97 Å². The van der Waals surface area contributed by atoms with E-state index in [4.69, 9.17) is 16.3 Å². The average molecular weight is 377 g/mol. The fourth-order valence-electron chi connectivity index (χ4n) is 2.63. The van der Waals surface area contributed by atoms with E-state index in [-0.39, 0.29) is 12.2 Å². The molecule has 0 spiro atoms. The number of esters is 1. The molecule has 0 fully saturated rings. The van der Waals surface area contributed by atoms with Crippen molar-refractivity contribution in [3.05, 3.63) is 61.5 Å². The van der Waals surface area contributed by atoms with Crippen LogP contribution in [0.15, 0.2) is 40.5 Å². The van der Waals surface area contributed by atoms with Crippen molar-refractivity contribution in [1.29, 1.82) is 0 Å². The number of hydrogen-bond donors (Lipinski definition) is 2. The number of anilines is 1. The van der Waals surface area contributed by atoms with E-state index in [0.717, 1.165) is 6.42 Å². The normalized spacial score (nSPS) is 10.8. The van der Waals surface area contributed by atoms with Gasteiger partial charge in [0.25, 0.3) is 5.56 Å². The van der Waals surface area contributed by atoms with E-state index in [1.165, 1.54) is 4.88 Å². The number of para-hydroxylation sites is 1. The van der Waals surface area contributed by atoms with Crippen molar-refractivity contribution in [2.45, 2.75) is 13.3 Å². The Hall–Kier alpha value is -2.31. The SMILES string of the molecule is CCOC(=O)c1c(NCCc2cccs2)c2cccc(Cl)c2[nH]c1=O. The molecule has 2 heterocycles. The average Bonchev–Trinajstić information content (AvgIpc) is 3.09. The number of nitrogens with one attached hydrogen (secondary N) is 2. The van der Waals surface area contributed by atoms with Crippen LogP contribution < -0.4 is 10.9 Å². The first-order valence-corrected chi connectivity index (χ1v) is 9.15. The van der Waals surface area contributed by atoms with E-state index >= 15 is 0 Å². The molecule has 25 heavy (non-hydrogen) atoms. The molecule has 0 aliphatic rings. The van der Waals surface area contributed by atoms with Gasteiger partial charge in [-0.25, -0.2) is 4.79 Å². The van der Waals surface area contributed by atoms with Crippen molar-refractivity contribution in [2.24, 2.45) is 0 Å². The fraction of sp³-hybridized carbons (Fsp3) is 0.222. The summed E-state index contributed by atoms with van der Waals surface area (Å²) in [5, 5.41) is 6.35. The number of H-pyrrole nitrogens is 1. The van der Waals surface area contributed by atoms with Crippen LogP contribution in [0.25, 0.3) is 10.9 Å². The molecule has 0 radical (unpaired) electrons. The molecule has 7 heteroatoms. The number of rotatable bonds is 6. The summed E-state index contributed by atoms with van der Waals surface area (Å²) in [5.41, 5.74) is 0.414. The van der Waals surface area contributed by atoms with E-state index in [1.54, 1.807) is 30.4 Å². The van der Waals surface area contributed by atoms with Crippen molar-refractivity contribution < 1.29 is 9.53 Å². The predicted molar refractivity (Wildman–Crippen MR) is 102 cm³/mol. The minimum atomic E-state index is -0.649. The zero-order valence-electron chi connectivity index (χ0n) is 13.6. The van der Waals surface area contributed by atoms with Crippen LogP contribution in [0, 0.1) is 0 Å². The van der Waals surface area contributed by atoms with Gasteiger partial charge in [-0.05, 0) is 30.9 Å². The first-order valence-electron chi connectivity index (χ1n) is 7.89. The quantitative estimate of drug-likeness (QED) is 0.636. The van der Waals surface area contributed by atoms with Crippen molar-refractivity contribution in [3.8, 4) is 0 Å². The fourth-order valence-corrected chi connectivity index (χ4v) is 3.56. The molecule has 0 aliphatic carbocycles. The van der Waals surface area contributed by atoms with Crippen LogP contribution in [-0.4, -0.2) is 24.1 Å². The summed E-state index contributed by atoms with van der Waals surface area (Å²) in [6.07, 6.45) is 0.786. The summed E-state index contributed by atoms with van der Waals surface area (Å²) in [5.74, 6) is -0.649. The van der Waals surface area contributed by atoms with Crippen LogP contribution in [0.2, 0.25) is 5.02 Å². The second-order valence-electron chi connectivity index (χ2n) is 5.34. The first kappa shape index (κ1) is 17.5. The molecular formula is C18H17ClN2O3S. The Kier molecular flexibility index (Phi) is 5.40. The molecule has 0 aliphatic heterocycles. The molecule has 0 amide bonds. The Balaban J connectivity index is 2.04. The van der Waals surface area contributed by atoms with E-state index in [2.05, 4.69) is 10.3 Å². The first-order chi connectivity index (χ1) is 12.1. The van der Waals surface area contributed by atoms with Crippen LogP contribution in [0.1, 0.15) is 22.2 Å². The lowest BCUT2D eigenvalue weighted by Crippen LogP contribution is -2.23. The van der Waals surface area contributed by atoms with Gasteiger partial charge in [-0.1, -0.05) is 29.8 Å². The summed E-state index contributed by atoms with van der Waals surface area (Å²) in [6.45, 7) is 2.48. The number of carbonyl (C=O) groups is 1. The number of hydrogen-bond acceptors (Lipinski definition) is 5. The minimum absolute atomic E-state index is 0.0252. The van der Waals surface area contributed by atoms with Crippen LogP contribution in [-0.2, 0) is 11.2 Å². The predicted octanol–water partition coefficient (Wildman–Crippen LogP) is 4.07. The van der Waals surface area contributed by atoms with Gasteiger partial charge in [-0.2, -0.15) is 0 Å². The van der Waals surface area contributed by atoms with Gasteiger partial charge in [-0.3, -0.25) is 4.79 Å². The maximum Gasteiger partial charge on any atom is 0.345 e. The smallest absolute Gasteiger partial charge is 0.345 e. The third-order valence-corrected chi connectivity index (χ3v) is 4.98. The second kappa shape index (κ2) is 7.72. The largest absolute Gasteiger partial charge is 0.462 e.